The fourth-order valence-electron chi connectivity index (χ4n) is 1.68. The Morgan fingerprint density at radius 2 is 1.94 bits per heavy atom. The van der Waals surface area contributed by atoms with Crippen molar-refractivity contribution < 1.29 is 10.0 Å². The van der Waals surface area contributed by atoms with E-state index in [1.54, 1.807) is 30.3 Å². The molecule has 6 heteroatoms. The third-order valence-electron chi connectivity index (χ3n) is 2.49. The minimum Gasteiger partial charge on any atom is -0.390 e. The Hall–Kier alpha value is -1.98. The van der Waals surface area contributed by atoms with E-state index >= 15 is 0 Å². The fraction of sp³-hybridized carbons (Fsp3) is 0.0833. The van der Waals surface area contributed by atoms with Crippen molar-refractivity contribution in [2.45, 2.75) is 6.61 Å². The first-order chi connectivity index (χ1) is 8.63. The topological polar surface area (TPSA) is 76.3 Å². The van der Waals surface area contributed by atoms with E-state index in [2.05, 4.69) is 4.98 Å². The molecule has 0 aliphatic rings. The van der Waals surface area contributed by atoms with Gasteiger partial charge in [-0.3, -0.25) is 15.1 Å². The van der Waals surface area contributed by atoms with Crippen molar-refractivity contribution >= 4 is 17.3 Å². The van der Waals surface area contributed by atoms with Crippen molar-refractivity contribution in [2.24, 2.45) is 0 Å². The highest BCUT2D eigenvalue weighted by Crippen LogP contribution is 2.32. The van der Waals surface area contributed by atoms with Crippen molar-refractivity contribution in [1.29, 1.82) is 0 Å². The molecule has 0 saturated heterocycles. The Morgan fingerprint density at radius 1 is 1.28 bits per heavy atom. The van der Waals surface area contributed by atoms with Crippen molar-refractivity contribution in [3.05, 3.63) is 57.4 Å². The molecule has 2 aromatic rings. The molecule has 1 heterocycles. The molecule has 0 amide bonds. The average Bonchev–Trinajstić information content (AvgIpc) is 2.38. The number of aromatic nitrogens is 1. The molecular formula is C12H9ClN2O3. The summed E-state index contributed by atoms with van der Waals surface area (Å²) < 4.78 is 0. The maximum Gasteiger partial charge on any atom is 0.300 e. The van der Waals surface area contributed by atoms with Gasteiger partial charge in [0.25, 0.3) is 0 Å². The summed E-state index contributed by atoms with van der Waals surface area (Å²) in [6.07, 6.45) is 1.43. The lowest BCUT2D eigenvalue weighted by molar-refractivity contribution is -0.385. The van der Waals surface area contributed by atoms with Gasteiger partial charge in [-0.05, 0) is 23.8 Å². The highest BCUT2D eigenvalue weighted by atomic mass is 35.5. The van der Waals surface area contributed by atoms with Crippen LogP contribution >= 0.6 is 11.6 Å². The van der Waals surface area contributed by atoms with E-state index in [-0.39, 0.29) is 11.4 Å². The van der Waals surface area contributed by atoms with E-state index in [1.807, 2.05) is 0 Å². The zero-order chi connectivity index (χ0) is 13.1. The lowest BCUT2D eigenvalue weighted by atomic mass is 10.0. The Bertz CT molecular complexity index is 584. The summed E-state index contributed by atoms with van der Waals surface area (Å²) in [6.45, 7) is -0.474. The number of aliphatic hydroxyl groups is 1. The molecule has 92 valence electrons. The van der Waals surface area contributed by atoms with Crippen molar-refractivity contribution in [3.63, 3.8) is 0 Å². The molecule has 0 saturated carbocycles. The molecule has 1 aromatic heterocycles. The minimum atomic E-state index is -0.539. The van der Waals surface area contributed by atoms with Gasteiger partial charge in [-0.15, -0.1) is 0 Å². The zero-order valence-electron chi connectivity index (χ0n) is 9.21. The van der Waals surface area contributed by atoms with Crippen LogP contribution in [0.2, 0.25) is 5.02 Å². The molecule has 0 fully saturated rings. The van der Waals surface area contributed by atoms with E-state index in [0.29, 0.717) is 16.1 Å². The summed E-state index contributed by atoms with van der Waals surface area (Å²) in [5.74, 6) is 0. The van der Waals surface area contributed by atoms with Gasteiger partial charge in [0, 0.05) is 11.2 Å². The maximum atomic E-state index is 11.1. The van der Waals surface area contributed by atoms with Gasteiger partial charge >= 0.3 is 5.69 Å². The minimum absolute atomic E-state index is 0.0486. The van der Waals surface area contributed by atoms with E-state index < -0.39 is 11.5 Å². The number of nitro groups is 1. The molecule has 1 N–H and O–H groups in total. The summed E-state index contributed by atoms with van der Waals surface area (Å²) in [6, 6.07) is 8.22. The van der Waals surface area contributed by atoms with Crippen LogP contribution in [0.4, 0.5) is 5.69 Å². The predicted octanol–water partition coefficient (Wildman–Crippen LogP) is 2.80. The van der Waals surface area contributed by atoms with E-state index in [4.69, 9.17) is 16.7 Å². The lowest BCUT2D eigenvalue weighted by Gasteiger charge is -2.05. The van der Waals surface area contributed by atoms with Crippen LogP contribution in [0.15, 0.2) is 36.5 Å². The van der Waals surface area contributed by atoms with Gasteiger partial charge in [0.05, 0.1) is 17.1 Å². The Morgan fingerprint density at radius 3 is 2.50 bits per heavy atom. The number of hydrogen-bond donors (Lipinski definition) is 1. The molecule has 0 bridgehead atoms. The Balaban J connectivity index is 2.63. The first kappa shape index (κ1) is 12.5. The monoisotopic (exact) mass is 264 g/mol. The summed E-state index contributed by atoms with van der Waals surface area (Å²) in [5, 5.41) is 20.7. The van der Waals surface area contributed by atoms with Gasteiger partial charge in [-0.2, -0.15) is 0 Å². The average molecular weight is 265 g/mol. The number of halogens is 1. The number of aliphatic hydroxyl groups excluding tert-OH is 1. The van der Waals surface area contributed by atoms with Crippen LogP contribution < -0.4 is 0 Å². The smallest absolute Gasteiger partial charge is 0.300 e. The van der Waals surface area contributed by atoms with Crippen LogP contribution in [0, 0.1) is 10.1 Å². The summed E-state index contributed by atoms with van der Waals surface area (Å²) in [4.78, 5) is 14.3. The van der Waals surface area contributed by atoms with Gasteiger partial charge in [0.1, 0.15) is 5.69 Å². The third-order valence-corrected chi connectivity index (χ3v) is 2.74. The largest absolute Gasteiger partial charge is 0.390 e. The molecule has 5 nitrogen and oxygen atoms in total. The summed E-state index contributed by atoms with van der Waals surface area (Å²) >= 11 is 5.77. The molecule has 0 radical (unpaired) electrons. The normalized spacial score (nSPS) is 10.3. The second-order valence-corrected chi connectivity index (χ2v) is 4.01. The van der Waals surface area contributed by atoms with Crippen molar-refractivity contribution in [2.75, 3.05) is 0 Å². The van der Waals surface area contributed by atoms with E-state index in [1.165, 1.54) is 6.20 Å². The molecule has 0 spiro atoms. The Kier molecular flexibility index (Phi) is 3.55. The van der Waals surface area contributed by atoms with Crippen LogP contribution in [-0.2, 0) is 6.61 Å². The first-order valence-corrected chi connectivity index (χ1v) is 5.50. The maximum absolute atomic E-state index is 11.1. The molecule has 0 unspecified atom stereocenters. The molecule has 1 aromatic carbocycles. The van der Waals surface area contributed by atoms with Crippen molar-refractivity contribution in [3.8, 4) is 11.1 Å². The Labute approximate surface area is 108 Å². The van der Waals surface area contributed by atoms with E-state index in [9.17, 15) is 10.1 Å². The van der Waals surface area contributed by atoms with Gasteiger partial charge in [0.15, 0.2) is 0 Å². The molecular weight excluding hydrogens is 256 g/mol. The highest BCUT2D eigenvalue weighted by molar-refractivity contribution is 6.30. The van der Waals surface area contributed by atoms with Crippen LogP contribution in [0.3, 0.4) is 0 Å². The first-order valence-electron chi connectivity index (χ1n) is 5.12. The van der Waals surface area contributed by atoms with Crippen LogP contribution in [-0.4, -0.2) is 15.0 Å². The van der Waals surface area contributed by atoms with E-state index in [0.717, 1.165) is 0 Å². The number of rotatable bonds is 3. The lowest BCUT2D eigenvalue weighted by Crippen LogP contribution is -2.00. The number of pyridine rings is 1. The fourth-order valence-corrected chi connectivity index (χ4v) is 1.81. The van der Waals surface area contributed by atoms with Crippen molar-refractivity contribution in [1.82, 2.24) is 4.98 Å². The number of benzene rings is 1. The molecule has 18 heavy (non-hydrogen) atoms. The molecule has 0 aliphatic heterocycles. The van der Waals surface area contributed by atoms with Gasteiger partial charge in [0.2, 0.25) is 0 Å². The van der Waals surface area contributed by atoms with Gasteiger partial charge in [-0.25, -0.2) is 0 Å². The third kappa shape index (κ3) is 2.32. The quantitative estimate of drug-likeness (QED) is 0.683. The van der Waals surface area contributed by atoms with Crippen LogP contribution in [0.1, 0.15) is 5.69 Å². The van der Waals surface area contributed by atoms with Gasteiger partial charge < -0.3 is 5.11 Å². The molecule has 0 aliphatic carbocycles. The summed E-state index contributed by atoms with van der Waals surface area (Å²) in [7, 11) is 0. The summed E-state index contributed by atoms with van der Waals surface area (Å²) in [5.41, 5.74) is 0.939. The second-order valence-electron chi connectivity index (χ2n) is 3.58. The predicted molar refractivity (Wildman–Crippen MR) is 67.3 cm³/mol. The SMILES string of the molecule is O=[N+]([O-])c1c(-c2ccc(Cl)cc2)ccnc1CO. The number of hydrogen-bond acceptors (Lipinski definition) is 4. The van der Waals surface area contributed by atoms with Crippen LogP contribution in [0.5, 0.6) is 0 Å². The van der Waals surface area contributed by atoms with Crippen LogP contribution in [0.25, 0.3) is 11.1 Å². The standard InChI is InChI=1S/C12H9ClN2O3/c13-9-3-1-8(2-4-9)10-5-6-14-11(7-16)12(10)15(17)18/h1-6,16H,7H2. The molecule has 2 rings (SSSR count). The molecule has 0 atom stereocenters. The second kappa shape index (κ2) is 5.12. The highest BCUT2D eigenvalue weighted by Gasteiger charge is 2.21. The number of nitrogens with zero attached hydrogens (tertiary/aromatic N) is 2. The zero-order valence-corrected chi connectivity index (χ0v) is 9.96. The van der Waals surface area contributed by atoms with Gasteiger partial charge in [-0.1, -0.05) is 23.7 Å².